The van der Waals surface area contributed by atoms with Crippen molar-refractivity contribution in [3.8, 4) is 17.1 Å². The second kappa shape index (κ2) is 7.97. The summed E-state index contributed by atoms with van der Waals surface area (Å²) in [5, 5.41) is 10.8. The molecule has 0 fully saturated rings. The van der Waals surface area contributed by atoms with Gasteiger partial charge in [0, 0.05) is 12.3 Å². The highest BCUT2D eigenvalue weighted by Gasteiger charge is 2.16. The minimum absolute atomic E-state index is 0.136. The van der Waals surface area contributed by atoms with E-state index in [9.17, 15) is 9.18 Å². The van der Waals surface area contributed by atoms with Crippen LogP contribution >= 0.6 is 0 Å². The lowest BCUT2D eigenvalue weighted by atomic mass is 10.1. The summed E-state index contributed by atoms with van der Waals surface area (Å²) < 4.78 is 25.2. The molecule has 0 atom stereocenters. The van der Waals surface area contributed by atoms with E-state index in [-0.39, 0.29) is 11.5 Å². The van der Waals surface area contributed by atoms with Crippen LogP contribution in [0.4, 0.5) is 10.1 Å². The molecule has 1 amide bonds. The maximum absolute atomic E-state index is 13.0. The number of hydrogen-bond donors (Lipinski definition) is 1. The van der Waals surface area contributed by atoms with Gasteiger partial charge in [0.1, 0.15) is 11.6 Å². The molecule has 4 aromatic rings. The zero-order chi connectivity index (χ0) is 20.2. The number of amides is 1. The first-order valence-electron chi connectivity index (χ1n) is 8.81. The van der Waals surface area contributed by atoms with E-state index in [2.05, 4.69) is 15.6 Å². The number of methoxy groups -OCH3 is 1. The van der Waals surface area contributed by atoms with Gasteiger partial charge in [0.05, 0.1) is 31.1 Å². The fourth-order valence-corrected chi connectivity index (χ4v) is 2.84. The Balaban J connectivity index is 1.44. The molecule has 0 radical (unpaired) electrons. The van der Waals surface area contributed by atoms with Crippen LogP contribution in [-0.4, -0.2) is 28.0 Å². The maximum atomic E-state index is 13.0. The number of rotatable bonds is 6. The van der Waals surface area contributed by atoms with Gasteiger partial charge in [-0.15, -0.1) is 0 Å². The number of halogens is 1. The van der Waals surface area contributed by atoms with E-state index in [0.29, 0.717) is 29.3 Å². The van der Waals surface area contributed by atoms with Crippen LogP contribution in [0, 0.1) is 5.82 Å². The van der Waals surface area contributed by atoms with Crippen LogP contribution in [-0.2, 0) is 6.54 Å². The molecule has 0 saturated carbocycles. The van der Waals surface area contributed by atoms with Gasteiger partial charge in [0.25, 0.3) is 5.91 Å². The van der Waals surface area contributed by atoms with Gasteiger partial charge in [-0.05, 0) is 29.8 Å². The summed E-state index contributed by atoms with van der Waals surface area (Å²) >= 11 is 0. The van der Waals surface area contributed by atoms with E-state index in [4.69, 9.17) is 9.26 Å². The molecule has 1 N–H and O–H groups in total. The predicted molar refractivity (Wildman–Crippen MR) is 104 cm³/mol. The summed E-state index contributed by atoms with van der Waals surface area (Å²) in [7, 11) is 1.56. The Morgan fingerprint density at radius 1 is 1.21 bits per heavy atom. The molecular formula is C21H17FN4O3. The van der Waals surface area contributed by atoms with Crippen LogP contribution in [0.3, 0.4) is 0 Å². The predicted octanol–water partition coefficient (Wildman–Crippen LogP) is 3.99. The Hall–Kier alpha value is -3.94. The highest BCUT2D eigenvalue weighted by Crippen LogP contribution is 2.30. The van der Waals surface area contributed by atoms with Gasteiger partial charge in [-0.3, -0.25) is 9.48 Å². The van der Waals surface area contributed by atoms with Crippen molar-refractivity contribution in [2.45, 2.75) is 6.54 Å². The molecule has 0 aliphatic heterocycles. The van der Waals surface area contributed by atoms with Crippen molar-refractivity contribution in [1.29, 1.82) is 0 Å². The zero-order valence-corrected chi connectivity index (χ0v) is 15.5. The van der Waals surface area contributed by atoms with E-state index < -0.39 is 5.91 Å². The standard InChI is InChI=1S/C21H17FN4O3/c1-28-19-5-3-2-4-17(19)20-10-18(25-29-20)21(27)24-16-11-23-26(13-16)12-14-6-8-15(22)9-7-14/h2-11,13H,12H2,1H3,(H,24,27). The van der Waals surface area contributed by atoms with Crippen molar-refractivity contribution in [3.63, 3.8) is 0 Å². The lowest BCUT2D eigenvalue weighted by Crippen LogP contribution is -2.11. The fourth-order valence-electron chi connectivity index (χ4n) is 2.84. The molecule has 146 valence electrons. The van der Waals surface area contributed by atoms with E-state index in [1.165, 1.54) is 18.3 Å². The van der Waals surface area contributed by atoms with Gasteiger partial charge >= 0.3 is 0 Å². The first kappa shape index (κ1) is 18.4. The van der Waals surface area contributed by atoms with E-state index >= 15 is 0 Å². The number of aromatic nitrogens is 3. The van der Waals surface area contributed by atoms with Crippen molar-refractivity contribution in [2.75, 3.05) is 12.4 Å². The van der Waals surface area contributed by atoms with Gasteiger partial charge in [-0.1, -0.05) is 29.4 Å². The molecule has 0 saturated heterocycles. The Bertz CT molecular complexity index is 1130. The SMILES string of the molecule is COc1ccccc1-c1cc(C(=O)Nc2cnn(Cc3ccc(F)cc3)c2)no1. The summed E-state index contributed by atoms with van der Waals surface area (Å²) in [6, 6.07) is 15.0. The monoisotopic (exact) mass is 392 g/mol. The molecule has 0 bridgehead atoms. The second-order valence-corrected chi connectivity index (χ2v) is 6.28. The maximum Gasteiger partial charge on any atom is 0.277 e. The second-order valence-electron chi connectivity index (χ2n) is 6.28. The quantitative estimate of drug-likeness (QED) is 0.537. The molecule has 0 spiro atoms. The average Bonchev–Trinajstić information content (AvgIpc) is 3.39. The van der Waals surface area contributed by atoms with Crippen LogP contribution in [0.1, 0.15) is 16.1 Å². The molecule has 4 rings (SSSR count). The molecule has 0 aliphatic carbocycles. The Labute approximate surface area is 165 Å². The summed E-state index contributed by atoms with van der Waals surface area (Å²) in [5.41, 5.74) is 2.25. The highest BCUT2D eigenvalue weighted by atomic mass is 19.1. The zero-order valence-electron chi connectivity index (χ0n) is 15.5. The molecule has 0 aliphatic rings. The molecule has 29 heavy (non-hydrogen) atoms. The molecular weight excluding hydrogens is 375 g/mol. The number of benzene rings is 2. The number of ether oxygens (including phenoxy) is 1. The first-order valence-corrected chi connectivity index (χ1v) is 8.81. The number of carbonyl (C=O) groups excluding carboxylic acids is 1. The molecule has 2 heterocycles. The van der Waals surface area contributed by atoms with Crippen molar-refractivity contribution in [2.24, 2.45) is 0 Å². The van der Waals surface area contributed by atoms with Gasteiger partial charge < -0.3 is 14.6 Å². The van der Waals surface area contributed by atoms with Gasteiger partial charge in [0.15, 0.2) is 11.5 Å². The summed E-state index contributed by atoms with van der Waals surface area (Å²) in [6.45, 7) is 0.456. The highest BCUT2D eigenvalue weighted by molar-refractivity contribution is 6.03. The average molecular weight is 392 g/mol. The number of carbonyl (C=O) groups is 1. The largest absolute Gasteiger partial charge is 0.496 e. The van der Waals surface area contributed by atoms with Crippen molar-refractivity contribution < 1.29 is 18.4 Å². The molecule has 0 unspecified atom stereocenters. The summed E-state index contributed by atoms with van der Waals surface area (Å²) in [4.78, 5) is 12.5. The van der Waals surface area contributed by atoms with Crippen molar-refractivity contribution >= 4 is 11.6 Å². The third kappa shape index (κ3) is 4.16. The molecule has 2 aromatic carbocycles. The number of hydrogen-bond acceptors (Lipinski definition) is 5. The van der Waals surface area contributed by atoms with Crippen LogP contribution in [0.15, 0.2) is 71.5 Å². The van der Waals surface area contributed by atoms with Crippen LogP contribution in [0.2, 0.25) is 0 Å². The fraction of sp³-hybridized carbons (Fsp3) is 0.0952. The van der Waals surface area contributed by atoms with Crippen LogP contribution in [0.25, 0.3) is 11.3 Å². The topological polar surface area (TPSA) is 82.2 Å². The smallest absolute Gasteiger partial charge is 0.277 e. The molecule has 2 aromatic heterocycles. The van der Waals surface area contributed by atoms with Crippen LogP contribution in [0.5, 0.6) is 5.75 Å². The Morgan fingerprint density at radius 2 is 2.00 bits per heavy atom. The van der Waals surface area contributed by atoms with Crippen LogP contribution < -0.4 is 10.1 Å². The Kier molecular flexibility index (Phi) is 5.07. The first-order chi connectivity index (χ1) is 14.1. The number of nitrogens with one attached hydrogen (secondary N) is 1. The van der Waals surface area contributed by atoms with E-state index in [1.54, 1.807) is 42.3 Å². The third-order valence-corrected chi connectivity index (χ3v) is 4.26. The summed E-state index contributed by atoms with van der Waals surface area (Å²) in [6.07, 6.45) is 3.21. The lowest BCUT2D eigenvalue weighted by molar-refractivity contribution is 0.101. The third-order valence-electron chi connectivity index (χ3n) is 4.26. The Morgan fingerprint density at radius 3 is 2.79 bits per heavy atom. The lowest BCUT2D eigenvalue weighted by Gasteiger charge is -2.03. The minimum Gasteiger partial charge on any atom is -0.496 e. The normalized spacial score (nSPS) is 10.7. The van der Waals surface area contributed by atoms with Crippen molar-refractivity contribution in [1.82, 2.24) is 14.9 Å². The minimum atomic E-state index is -0.420. The number of nitrogens with zero attached hydrogens (tertiary/aromatic N) is 3. The summed E-state index contributed by atoms with van der Waals surface area (Å²) in [5.74, 6) is 0.343. The van der Waals surface area contributed by atoms with E-state index in [0.717, 1.165) is 5.56 Å². The van der Waals surface area contributed by atoms with Gasteiger partial charge in [0.2, 0.25) is 0 Å². The molecule has 7 nitrogen and oxygen atoms in total. The van der Waals surface area contributed by atoms with Gasteiger partial charge in [-0.25, -0.2) is 4.39 Å². The number of anilines is 1. The van der Waals surface area contributed by atoms with E-state index in [1.807, 2.05) is 18.2 Å². The molecule has 8 heteroatoms. The van der Waals surface area contributed by atoms with Gasteiger partial charge in [-0.2, -0.15) is 5.10 Å². The van der Waals surface area contributed by atoms with Crippen molar-refractivity contribution in [3.05, 3.63) is 84.1 Å². The number of para-hydroxylation sites is 1.